The van der Waals surface area contributed by atoms with Crippen LogP contribution >= 0.6 is 0 Å². The molecule has 20 heavy (non-hydrogen) atoms. The van der Waals surface area contributed by atoms with Gasteiger partial charge in [0.25, 0.3) is 10.1 Å². The Morgan fingerprint density at radius 3 is 2.35 bits per heavy atom. The first kappa shape index (κ1) is 19.2. The van der Waals surface area contributed by atoms with Crippen molar-refractivity contribution >= 4 is 16.1 Å². The fraction of sp³-hybridized carbons (Fsp3) is 0.923. The Bertz CT molecular complexity index is 357. The van der Waals surface area contributed by atoms with Crippen molar-refractivity contribution in [3.8, 4) is 0 Å². The lowest BCUT2D eigenvalue weighted by Crippen LogP contribution is -2.32. The van der Waals surface area contributed by atoms with Gasteiger partial charge in [-0.15, -0.1) is 0 Å². The number of unbranched alkanes of at least 4 members (excludes halogenated alkanes) is 4. The van der Waals surface area contributed by atoms with Crippen LogP contribution in [0.15, 0.2) is 4.99 Å². The number of nitrogens with one attached hydrogen (secondary N) is 1. The average Bonchev–Trinajstić information content (AvgIpc) is 3.13. The zero-order valence-electron chi connectivity index (χ0n) is 12.6. The maximum atomic E-state index is 9.19. The topological polar surface area (TPSA) is 105 Å². The summed E-state index contributed by atoms with van der Waals surface area (Å²) in [6.45, 7) is 4.14. The second-order valence-electron chi connectivity index (χ2n) is 5.24. The smallest absolute Gasteiger partial charge is 0.261 e. The molecule has 1 rings (SSSR count). The maximum absolute atomic E-state index is 9.19. The number of hydrogen-bond acceptors (Lipinski definition) is 3. The molecule has 0 heterocycles. The van der Waals surface area contributed by atoms with Crippen LogP contribution in [0.25, 0.3) is 0 Å². The first-order chi connectivity index (χ1) is 9.33. The van der Waals surface area contributed by atoms with Crippen LogP contribution < -0.4 is 11.1 Å². The molecule has 0 aromatic rings. The Hall–Kier alpha value is -0.820. The van der Waals surface area contributed by atoms with Crippen LogP contribution in [0.3, 0.4) is 0 Å². The molecule has 0 unspecified atom stereocenters. The molecular weight excluding hydrogens is 278 g/mol. The number of nitrogens with two attached hydrogens (primary N) is 1. The zero-order chi connectivity index (χ0) is 15.4. The Balaban J connectivity index is 0.000000621. The summed E-state index contributed by atoms with van der Waals surface area (Å²) in [5.74, 6) is 1.47. The number of aliphatic imine (C=N–C) groups is 1. The average molecular weight is 307 g/mol. The predicted molar refractivity (Wildman–Crippen MR) is 83.4 cm³/mol. The van der Waals surface area contributed by atoms with Gasteiger partial charge in [-0.3, -0.25) is 9.55 Å². The van der Waals surface area contributed by atoms with Crippen molar-refractivity contribution in [1.29, 1.82) is 0 Å². The first-order valence-corrected chi connectivity index (χ1v) is 9.14. The van der Waals surface area contributed by atoms with Gasteiger partial charge < -0.3 is 11.1 Å². The molecule has 1 aliphatic rings. The molecule has 0 amide bonds. The van der Waals surface area contributed by atoms with E-state index in [-0.39, 0.29) is 0 Å². The van der Waals surface area contributed by atoms with Gasteiger partial charge in [0.15, 0.2) is 5.96 Å². The van der Waals surface area contributed by atoms with Crippen molar-refractivity contribution in [2.75, 3.05) is 19.3 Å². The summed E-state index contributed by atoms with van der Waals surface area (Å²) < 4.78 is 25.9. The third-order valence-corrected chi connectivity index (χ3v) is 2.80. The van der Waals surface area contributed by atoms with Gasteiger partial charge in [-0.05, 0) is 25.2 Å². The third kappa shape index (κ3) is 19.5. The van der Waals surface area contributed by atoms with Gasteiger partial charge in [-0.25, -0.2) is 0 Å². The van der Waals surface area contributed by atoms with E-state index in [0.29, 0.717) is 12.2 Å². The SMILES string of the molecule is CCCCCCCNC(N)=NCC1CC1.CS(=O)(=O)O. The minimum absolute atomic E-state index is 0.636. The Morgan fingerprint density at radius 1 is 1.30 bits per heavy atom. The van der Waals surface area contributed by atoms with Crippen molar-refractivity contribution in [3.05, 3.63) is 0 Å². The van der Waals surface area contributed by atoms with Crippen LogP contribution in [-0.2, 0) is 10.1 Å². The molecule has 0 aromatic heterocycles. The highest BCUT2D eigenvalue weighted by molar-refractivity contribution is 7.85. The molecule has 7 heteroatoms. The summed E-state index contributed by atoms with van der Waals surface area (Å²) in [5.41, 5.74) is 5.73. The molecule has 0 aromatic carbocycles. The van der Waals surface area contributed by atoms with Gasteiger partial charge in [0.2, 0.25) is 0 Å². The first-order valence-electron chi connectivity index (χ1n) is 7.29. The Kier molecular flexibility index (Phi) is 10.5. The summed E-state index contributed by atoms with van der Waals surface area (Å²) >= 11 is 0. The van der Waals surface area contributed by atoms with Crippen LogP contribution in [0, 0.1) is 5.92 Å². The molecule has 1 saturated carbocycles. The molecule has 1 aliphatic carbocycles. The van der Waals surface area contributed by atoms with E-state index >= 15 is 0 Å². The molecule has 0 spiro atoms. The highest BCUT2D eigenvalue weighted by Crippen LogP contribution is 2.28. The predicted octanol–water partition coefficient (Wildman–Crippen LogP) is 1.78. The zero-order valence-corrected chi connectivity index (χ0v) is 13.5. The quantitative estimate of drug-likeness (QED) is 0.274. The summed E-state index contributed by atoms with van der Waals surface area (Å²) in [6.07, 6.45) is 9.91. The largest absolute Gasteiger partial charge is 0.370 e. The fourth-order valence-corrected chi connectivity index (χ4v) is 1.53. The van der Waals surface area contributed by atoms with E-state index < -0.39 is 10.1 Å². The second-order valence-corrected chi connectivity index (χ2v) is 6.71. The molecule has 0 bridgehead atoms. The van der Waals surface area contributed by atoms with Gasteiger partial charge in [-0.1, -0.05) is 32.6 Å². The van der Waals surface area contributed by atoms with Crippen molar-refractivity contribution in [1.82, 2.24) is 5.32 Å². The van der Waals surface area contributed by atoms with Gasteiger partial charge in [0, 0.05) is 13.1 Å². The van der Waals surface area contributed by atoms with Crippen molar-refractivity contribution < 1.29 is 13.0 Å². The highest BCUT2D eigenvalue weighted by Gasteiger charge is 2.20. The fourth-order valence-electron chi connectivity index (χ4n) is 1.53. The standard InChI is InChI=1S/C12H25N3.CH4O3S/c1-2-3-4-5-6-9-14-12(13)15-10-11-7-8-11;1-5(2,3)4/h11H,2-10H2,1H3,(H3,13,14,15);1H3,(H,2,3,4). The van der Waals surface area contributed by atoms with E-state index in [9.17, 15) is 8.42 Å². The Labute approximate surface area is 123 Å². The van der Waals surface area contributed by atoms with Crippen molar-refractivity contribution in [2.45, 2.75) is 51.9 Å². The normalized spacial score (nSPS) is 15.4. The van der Waals surface area contributed by atoms with E-state index in [0.717, 1.165) is 19.0 Å². The van der Waals surface area contributed by atoms with Crippen LogP contribution in [0.2, 0.25) is 0 Å². The van der Waals surface area contributed by atoms with E-state index in [1.165, 1.54) is 44.9 Å². The van der Waals surface area contributed by atoms with Gasteiger partial charge in [-0.2, -0.15) is 8.42 Å². The van der Waals surface area contributed by atoms with Crippen LogP contribution in [-0.4, -0.2) is 38.3 Å². The maximum Gasteiger partial charge on any atom is 0.261 e. The molecule has 6 nitrogen and oxygen atoms in total. The third-order valence-electron chi connectivity index (χ3n) is 2.80. The molecule has 1 fully saturated rings. The number of rotatable bonds is 8. The van der Waals surface area contributed by atoms with E-state index in [4.69, 9.17) is 10.3 Å². The summed E-state index contributed by atoms with van der Waals surface area (Å²) in [6, 6.07) is 0. The molecule has 0 radical (unpaired) electrons. The number of guanidine groups is 1. The van der Waals surface area contributed by atoms with Crippen LogP contribution in [0.1, 0.15) is 51.9 Å². The van der Waals surface area contributed by atoms with E-state index in [2.05, 4.69) is 17.2 Å². The molecule has 0 aliphatic heterocycles. The number of nitrogens with zero attached hydrogens (tertiary/aromatic N) is 1. The highest BCUT2D eigenvalue weighted by atomic mass is 32.2. The molecular formula is C13H29N3O3S. The summed E-state index contributed by atoms with van der Waals surface area (Å²) in [4.78, 5) is 4.30. The minimum Gasteiger partial charge on any atom is -0.370 e. The van der Waals surface area contributed by atoms with Crippen molar-refractivity contribution in [3.63, 3.8) is 0 Å². The van der Waals surface area contributed by atoms with Crippen LogP contribution in [0.5, 0.6) is 0 Å². The lowest BCUT2D eigenvalue weighted by molar-refractivity contribution is 0.490. The van der Waals surface area contributed by atoms with Gasteiger partial charge in [0.05, 0.1) is 6.26 Å². The second kappa shape index (κ2) is 10.9. The van der Waals surface area contributed by atoms with Crippen molar-refractivity contribution in [2.24, 2.45) is 16.6 Å². The monoisotopic (exact) mass is 307 g/mol. The van der Waals surface area contributed by atoms with E-state index in [1.54, 1.807) is 0 Å². The van der Waals surface area contributed by atoms with Crippen LogP contribution in [0.4, 0.5) is 0 Å². The summed E-state index contributed by atoms with van der Waals surface area (Å²) in [5, 5.41) is 3.17. The lowest BCUT2D eigenvalue weighted by atomic mass is 10.1. The molecule has 120 valence electrons. The molecule has 4 N–H and O–H groups in total. The minimum atomic E-state index is -3.67. The number of hydrogen-bond donors (Lipinski definition) is 3. The Morgan fingerprint density at radius 2 is 1.85 bits per heavy atom. The van der Waals surface area contributed by atoms with Gasteiger partial charge >= 0.3 is 0 Å². The molecule has 0 atom stereocenters. The van der Waals surface area contributed by atoms with Gasteiger partial charge in [0.1, 0.15) is 0 Å². The van der Waals surface area contributed by atoms with E-state index in [1.807, 2.05) is 0 Å². The molecule has 0 saturated heterocycles. The summed E-state index contributed by atoms with van der Waals surface area (Å²) in [7, 11) is -3.67. The lowest BCUT2D eigenvalue weighted by Gasteiger charge is -2.04.